The third kappa shape index (κ3) is 4.21. The predicted octanol–water partition coefficient (Wildman–Crippen LogP) is 0.353. The second-order valence-electron chi connectivity index (χ2n) is 0.683. The van der Waals surface area contributed by atoms with Crippen LogP contribution >= 0.6 is 11.6 Å². The summed E-state index contributed by atoms with van der Waals surface area (Å²) in [5, 5.41) is 7.99. The van der Waals surface area contributed by atoms with Gasteiger partial charge in [0.2, 0.25) is 0 Å². The number of ether oxygens (including phenoxy) is 1. The summed E-state index contributed by atoms with van der Waals surface area (Å²) in [6.07, 6.45) is 0. The lowest BCUT2D eigenvalue weighted by atomic mass is 10.8. The molecule has 0 saturated carbocycles. The van der Waals surface area contributed by atoms with E-state index < -0.39 is 0 Å². The van der Waals surface area contributed by atoms with Crippen LogP contribution in [0.15, 0.2) is 0 Å². The topological polar surface area (TPSA) is 29.5 Å². The molecule has 0 rings (SSSR count). The van der Waals surface area contributed by atoms with Crippen molar-refractivity contribution >= 4 is 11.6 Å². The minimum Gasteiger partial charge on any atom is -0.394 e. The Morgan fingerprint density at radius 1 is 1.83 bits per heavy atom. The number of halogens is 1. The van der Waals surface area contributed by atoms with Crippen LogP contribution in [0.5, 0.6) is 0 Å². The van der Waals surface area contributed by atoms with E-state index in [0.717, 1.165) is 6.07 Å². The van der Waals surface area contributed by atoms with Gasteiger partial charge in [-0.05, 0) is 0 Å². The minimum atomic E-state index is 0.0171. The van der Waals surface area contributed by atoms with Crippen LogP contribution in [0, 0.1) is 6.07 Å². The lowest BCUT2D eigenvalue weighted by Gasteiger charge is -1.88. The molecule has 2 nitrogen and oxygen atoms in total. The van der Waals surface area contributed by atoms with Gasteiger partial charge in [0.15, 0.2) is 6.07 Å². The Morgan fingerprint density at radius 2 is 2.50 bits per heavy atom. The van der Waals surface area contributed by atoms with Crippen LogP contribution in [0.25, 0.3) is 0 Å². The van der Waals surface area contributed by atoms with Gasteiger partial charge in [-0.3, -0.25) is 0 Å². The standard InChI is InChI=1S/C3H6ClO2/c4-3-6-2-1-5/h3,5H,1-2H2. The van der Waals surface area contributed by atoms with Crippen molar-refractivity contribution in [2.45, 2.75) is 0 Å². The molecule has 0 unspecified atom stereocenters. The van der Waals surface area contributed by atoms with Crippen molar-refractivity contribution in [1.29, 1.82) is 0 Å². The Balaban J connectivity index is 2.34. The lowest BCUT2D eigenvalue weighted by molar-refractivity contribution is 0.153. The van der Waals surface area contributed by atoms with E-state index in [1.807, 2.05) is 0 Å². The third-order valence-corrected chi connectivity index (χ3v) is 0.398. The average Bonchev–Trinajstić information content (AvgIpc) is 1.61. The van der Waals surface area contributed by atoms with Crippen LogP contribution in [0.2, 0.25) is 0 Å². The molecule has 0 aliphatic rings. The highest BCUT2D eigenvalue weighted by atomic mass is 35.5. The SMILES string of the molecule is OCCO[CH]Cl. The van der Waals surface area contributed by atoms with Crippen molar-refractivity contribution in [2.75, 3.05) is 13.2 Å². The molecule has 0 saturated heterocycles. The van der Waals surface area contributed by atoms with Gasteiger partial charge in [0.05, 0.1) is 13.2 Å². The highest BCUT2D eigenvalue weighted by Gasteiger charge is 1.76. The van der Waals surface area contributed by atoms with Gasteiger partial charge in [0, 0.05) is 0 Å². The molecule has 0 aromatic rings. The normalized spacial score (nSPS) is 9.00. The fourth-order valence-electron chi connectivity index (χ4n) is 0.0972. The van der Waals surface area contributed by atoms with Gasteiger partial charge in [-0.2, -0.15) is 0 Å². The molecular formula is C3H6ClO2. The summed E-state index contributed by atoms with van der Waals surface area (Å²) in [4.78, 5) is 0. The lowest BCUT2D eigenvalue weighted by Crippen LogP contribution is -1.92. The van der Waals surface area contributed by atoms with Crippen molar-refractivity contribution < 1.29 is 9.84 Å². The Kier molecular flexibility index (Phi) is 5.39. The summed E-state index contributed by atoms with van der Waals surface area (Å²) in [5.74, 6) is 0. The fourth-order valence-corrected chi connectivity index (χ4v) is 0.186. The van der Waals surface area contributed by atoms with Crippen LogP contribution in [0.4, 0.5) is 0 Å². The van der Waals surface area contributed by atoms with E-state index in [-0.39, 0.29) is 13.2 Å². The first kappa shape index (κ1) is 6.21. The quantitative estimate of drug-likeness (QED) is 0.530. The number of aliphatic hydroxyl groups is 1. The summed E-state index contributed by atoms with van der Waals surface area (Å²) in [5.41, 5.74) is 0. The Morgan fingerprint density at radius 3 is 2.67 bits per heavy atom. The molecule has 0 fully saturated rings. The van der Waals surface area contributed by atoms with E-state index in [0.29, 0.717) is 0 Å². The molecular weight excluding hydrogens is 103 g/mol. The third-order valence-electron chi connectivity index (χ3n) is 0.272. The van der Waals surface area contributed by atoms with Gasteiger partial charge in [-0.1, -0.05) is 11.6 Å². The molecule has 0 aliphatic heterocycles. The van der Waals surface area contributed by atoms with E-state index in [9.17, 15) is 0 Å². The summed E-state index contributed by atoms with van der Waals surface area (Å²) >= 11 is 4.92. The van der Waals surface area contributed by atoms with Gasteiger partial charge >= 0.3 is 0 Å². The first-order valence-electron chi connectivity index (χ1n) is 1.56. The number of rotatable bonds is 3. The number of hydrogen-bond acceptors (Lipinski definition) is 2. The molecule has 1 radical (unpaired) electrons. The molecule has 0 atom stereocenters. The zero-order valence-corrected chi connectivity index (χ0v) is 3.98. The molecule has 37 valence electrons. The first-order valence-corrected chi connectivity index (χ1v) is 2.00. The van der Waals surface area contributed by atoms with E-state index in [1.165, 1.54) is 0 Å². The highest BCUT2D eigenvalue weighted by Crippen LogP contribution is 1.82. The van der Waals surface area contributed by atoms with Crippen LogP contribution in [-0.2, 0) is 4.74 Å². The molecule has 3 heteroatoms. The summed E-state index contributed by atoms with van der Waals surface area (Å²) in [6, 6.07) is 1.02. The highest BCUT2D eigenvalue weighted by molar-refractivity contribution is 6.22. The zero-order valence-electron chi connectivity index (χ0n) is 3.22. The second-order valence-corrected chi connectivity index (χ2v) is 0.862. The van der Waals surface area contributed by atoms with Crippen LogP contribution < -0.4 is 0 Å². The van der Waals surface area contributed by atoms with Crippen LogP contribution in [0.1, 0.15) is 0 Å². The summed E-state index contributed by atoms with van der Waals surface area (Å²) < 4.78 is 4.37. The first-order chi connectivity index (χ1) is 2.91. The van der Waals surface area contributed by atoms with Crippen molar-refractivity contribution in [3.63, 3.8) is 0 Å². The monoisotopic (exact) mass is 109 g/mol. The second kappa shape index (κ2) is 5.21. The molecule has 0 aromatic carbocycles. The van der Waals surface area contributed by atoms with Gasteiger partial charge in [-0.25, -0.2) is 0 Å². The minimum absolute atomic E-state index is 0.0171. The molecule has 0 aliphatic carbocycles. The van der Waals surface area contributed by atoms with E-state index >= 15 is 0 Å². The van der Waals surface area contributed by atoms with Gasteiger partial charge in [-0.15, -0.1) is 0 Å². The fraction of sp³-hybridized carbons (Fsp3) is 0.667. The van der Waals surface area contributed by atoms with Gasteiger partial charge in [0.1, 0.15) is 0 Å². The van der Waals surface area contributed by atoms with Crippen molar-refractivity contribution in [3.05, 3.63) is 6.07 Å². The molecule has 0 spiro atoms. The van der Waals surface area contributed by atoms with Gasteiger partial charge < -0.3 is 9.84 Å². The maximum atomic E-state index is 7.99. The van der Waals surface area contributed by atoms with Crippen molar-refractivity contribution in [3.8, 4) is 0 Å². The van der Waals surface area contributed by atoms with Crippen LogP contribution in [0.3, 0.4) is 0 Å². The Bertz CT molecular complexity index is 20.8. The van der Waals surface area contributed by atoms with E-state index in [2.05, 4.69) is 4.74 Å². The zero-order chi connectivity index (χ0) is 4.83. The smallest absolute Gasteiger partial charge is 0.171 e. The average molecular weight is 110 g/mol. The van der Waals surface area contributed by atoms with E-state index in [4.69, 9.17) is 16.7 Å². The van der Waals surface area contributed by atoms with Crippen molar-refractivity contribution in [2.24, 2.45) is 0 Å². The van der Waals surface area contributed by atoms with Crippen molar-refractivity contribution in [1.82, 2.24) is 0 Å². The molecule has 0 aromatic heterocycles. The Hall–Kier alpha value is 0.210. The Labute approximate surface area is 41.7 Å². The van der Waals surface area contributed by atoms with Crippen LogP contribution in [-0.4, -0.2) is 18.3 Å². The predicted molar refractivity (Wildman–Crippen MR) is 23.2 cm³/mol. The molecule has 0 heterocycles. The van der Waals surface area contributed by atoms with Gasteiger partial charge in [0.25, 0.3) is 0 Å². The molecule has 6 heavy (non-hydrogen) atoms. The van der Waals surface area contributed by atoms with E-state index in [1.54, 1.807) is 0 Å². The number of aliphatic hydroxyl groups excluding tert-OH is 1. The maximum absolute atomic E-state index is 7.99. The maximum Gasteiger partial charge on any atom is 0.171 e. The molecule has 0 amide bonds. The number of hydrogen-bond donors (Lipinski definition) is 1. The largest absolute Gasteiger partial charge is 0.394 e. The molecule has 0 bridgehead atoms. The summed E-state index contributed by atoms with van der Waals surface area (Å²) in [6.45, 7) is 0.298. The molecule has 1 N–H and O–H groups in total. The summed E-state index contributed by atoms with van der Waals surface area (Å²) in [7, 11) is 0.